The molecule has 2 saturated carbocycles. The largest absolute Gasteiger partial charge is 0.445 e. The number of ether oxygens (including phenoxy) is 1. The lowest BCUT2D eigenvalue weighted by atomic mass is 9.85. The molecular formula is C19H28N2O2. The molecule has 0 atom stereocenters. The second kappa shape index (κ2) is 8.34. The SMILES string of the molecule is O=C(NC1CC(NCC2CCCCC2)C1)OCc1ccccc1. The minimum atomic E-state index is -0.301. The van der Waals surface area contributed by atoms with Crippen molar-refractivity contribution in [1.82, 2.24) is 10.6 Å². The fourth-order valence-corrected chi connectivity index (χ4v) is 3.56. The van der Waals surface area contributed by atoms with Crippen LogP contribution in [0.5, 0.6) is 0 Å². The molecule has 1 aromatic carbocycles. The highest BCUT2D eigenvalue weighted by Gasteiger charge is 2.30. The number of carbonyl (C=O) groups is 1. The van der Waals surface area contributed by atoms with E-state index in [1.807, 2.05) is 30.3 Å². The number of hydrogen-bond donors (Lipinski definition) is 2. The Balaban J connectivity index is 1.25. The minimum absolute atomic E-state index is 0.266. The molecular weight excluding hydrogens is 288 g/mol. The van der Waals surface area contributed by atoms with E-state index in [1.165, 1.54) is 32.1 Å². The van der Waals surface area contributed by atoms with Gasteiger partial charge in [-0.3, -0.25) is 0 Å². The van der Waals surface area contributed by atoms with Gasteiger partial charge >= 0.3 is 6.09 Å². The summed E-state index contributed by atoms with van der Waals surface area (Å²) in [6, 6.07) is 10.6. The van der Waals surface area contributed by atoms with Crippen molar-refractivity contribution in [2.75, 3.05) is 6.54 Å². The van der Waals surface area contributed by atoms with Gasteiger partial charge in [0.1, 0.15) is 6.61 Å². The number of hydrogen-bond acceptors (Lipinski definition) is 3. The highest BCUT2D eigenvalue weighted by Crippen LogP contribution is 2.25. The Morgan fingerprint density at radius 2 is 1.78 bits per heavy atom. The van der Waals surface area contributed by atoms with E-state index >= 15 is 0 Å². The van der Waals surface area contributed by atoms with Crippen molar-refractivity contribution in [2.45, 2.75) is 63.6 Å². The van der Waals surface area contributed by atoms with Crippen molar-refractivity contribution < 1.29 is 9.53 Å². The summed E-state index contributed by atoms with van der Waals surface area (Å²) in [7, 11) is 0. The smallest absolute Gasteiger partial charge is 0.407 e. The van der Waals surface area contributed by atoms with E-state index in [4.69, 9.17) is 4.74 Å². The van der Waals surface area contributed by atoms with Gasteiger partial charge in [0.2, 0.25) is 0 Å². The first-order valence-electron chi connectivity index (χ1n) is 9.00. The first kappa shape index (κ1) is 16.3. The van der Waals surface area contributed by atoms with Crippen molar-refractivity contribution in [2.24, 2.45) is 5.92 Å². The maximum absolute atomic E-state index is 11.8. The van der Waals surface area contributed by atoms with Gasteiger partial charge in [-0.1, -0.05) is 49.6 Å². The van der Waals surface area contributed by atoms with Gasteiger partial charge in [-0.25, -0.2) is 4.79 Å². The standard InChI is InChI=1S/C19H28N2O2/c22-19(23-14-16-9-5-2-6-10-16)21-18-11-17(12-18)20-13-15-7-3-1-4-8-15/h2,5-6,9-10,15,17-18,20H,1,3-4,7-8,11-14H2,(H,21,22). The van der Waals surface area contributed by atoms with Crippen LogP contribution in [0.2, 0.25) is 0 Å². The van der Waals surface area contributed by atoms with E-state index in [0.717, 1.165) is 30.9 Å². The Morgan fingerprint density at radius 1 is 1.04 bits per heavy atom. The lowest BCUT2D eigenvalue weighted by Gasteiger charge is -2.37. The van der Waals surface area contributed by atoms with Crippen molar-refractivity contribution >= 4 is 6.09 Å². The quantitative estimate of drug-likeness (QED) is 0.843. The molecule has 0 radical (unpaired) electrons. The van der Waals surface area contributed by atoms with Crippen LogP contribution < -0.4 is 10.6 Å². The Bertz CT molecular complexity index is 479. The molecule has 2 N–H and O–H groups in total. The molecule has 4 heteroatoms. The van der Waals surface area contributed by atoms with E-state index in [-0.39, 0.29) is 12.1 Å². The first-order valence-corrected chi connectivity index (χ1v) is 9.00. The average Bonchev–Trinajstić information content (AvgIpc) is 2.57. The van der Waals surface area contributed by atoms with Crippen molar-refractivity contribution in [3.63, 3.8) is 0 Å². The van der Waals surface area contributed by atoms with Crippen molar-refractivity contribution in [3.8, 4) is 0 Å². The Labute approximate surface area is 139 Å². The lowest BCUT2D eigenvalue weighted by molar-refractivity contribution is 0.125. The number of rotatable bonds is 6. The van der Waals surface area contributed by atoms with E-state index in [9.17, 15) is 4.79 Å². The van der Waals surface area contributed by atoms with Gasteiger partial charge in [0.15, 0.2) is 0 Å². The summed E-state index contributed by atoms with van der Waals surface area (Å²) < 4.78 is 5.25. The molecule has 0 spiro atoms. The second-order valence-electron chi connectivity index (χ2n) is 6.98. The van der Waals surface area contributed by atoms with Crippen LogP contribution in [-0.2, 0) is 11.3 Å². The second-order valence-corrected chi connectivity index (χ2v) is 6.98. The lowest BCUT2D eigenvalue weighted by Crippen LogP contribution is -2.53. The maximum Gasteiger partial charge on any atom is 0.407 e. The molecule has 2 aliphatic carbocycles. The van der Waals surface area contributed by atoms with Gasteiger partial charge in [-0.2, -0.15) is 0 Å². The van der Waals surface area contributed by atoms with Crippen molar-refractivity contribution in [3.05, 3.63) is 35.9 Å². The number of amides is 1. The van der Waals surface area contributed by atoms with Crippen LogP contribution in [-0.4, -0.2) is 24.7 Å². The fourth-order valence-electron chi connectivity index (χ4n) is 3.56. The Hall–Kier alpha value is -1.55. The molecule has 3 rings (SSSR count). The van der Waals surface area contributed by atoms with Crippen LogP contribution in [0.4, 0.5) is 4.79 Å². The van der Waals surface area contributed by atoms with E-state index in [2.05, 4.69) is 10.6 Å². The minimum Gasteiger partial charge on any atom is -0.445 e. The summed E-state index contributed by atoms with van der Waals surface area (Å²) in [6.45, 7) is 1.48. The molecule has 23 heavy (non-hydrogen) atoms. The van der Waals surface area contributed by atoms with Gasteiger partial charge < -0.3 is 15.4 Å². The Kier molecular flexibility index (Phi) is 5.92. The maximum atomic E-state index is 11.8. The van der Waals surface area contributed by atoms with E-state index < -0.39 is 0 Å². The van der Waals surface area contributed by atoms with Gasteiger partial charge in [0, 0.05) is 12.1 Å². The monoisotopic (exact) mass is 316 g/mol. The van der Waals surface area contributed by atoms with Crippen LogP contribution in [0.25, 0.3) is 0 Å². The molecule has 1 aromatic rings. The van der Waals surface area contributed by atoms with Crippen LogP contribution in [0, 0.1) is 5.92 Å². The van der Waals surface area contributed by atoms with Crippen LogP contribution >= 0.6 is 0 Å². The molecule has 0 heterocycles. The third-order valence-electron chi connectivity index (χ3n) is 5.09. The molecule has 0 saturated heterocycles. The van der Waals surface area contributed by atoms with Crippen LogP contribution in [0.1, 0.15) is 50.5 Å². The molecule has 0 bridgehead atoms. The predicted molar refractivity (Wildman–Crippen MR) is 91.2 cm³/mol. The summed E-state index contributed by atoms with van der Waals surface area (Å²) in [5, 5.41) is 6.61. The third kappa shape index (κ3) is 5.24. The summed E-state index contributed by atoms with van der Waals surface area (Å²) in [5.74, 6) is 0.867. The van der Waals surface area contributed by atoms with Gasteiger partial charge in [0.25, 0.3) is 0 Å². The molecule has 126 valence electrons. The van der Waals surface area contributed by atoms with Gasteiger partial charge in [0.05, 0.1) is 0 Å². The summed E-state index contributed by atoms with van der Waals surface area (Å²) in [4.78, 5) is 11.8. The number of alkyl carbamates (subject to hydrolysis) is 1. The van der Waals surface area contributed by atoms with Crippen LogP contribution in [0.3, 0.4) is 0 Å². The summed E-state index contributed by atoms with van der Waals surface area (Å²) in [6.07, 6.45) is 8.71. The summed E-state index contributed by atoms with van der Waals surface area (Å²) in [5.41, 5.74) is 1.02. The van der Waals surface area contributed by atoms with Crippen LogP contribution in [0.15, 0.2) is 30.3 Å². The molecule has 4 nitrogen and oxygen atoms in total. The zero-order valence-electron chi connectivity index (χ0n) is 13.8. The highest BCUT2D eigenvalue weighted by atomic mass is 16.5. The molecule has 2 fully saturated rings. The zero-order valence-corrected chi connectivity index (χ0v) is 13.8. The first-order chi connectivity index (χ1) is 11.3. The molecule has 0 unspecified atom stereocenters. The predicted octanol–water partition coefficient (Wildman–Crippen LogP) is 3.61. The molecule has 0 aliphatic heterocycles. The number of carbonyl (C=O) groups excluding carboxylic acids is 1. The molecule has 2 aliphatic rings. The third-order valence-corrected chi connectivity index (χ3v) is 5.09. The van der Waals surface area contributed by atoms with Gasteiger partial charge in [-0.05, 0) is 43.7 Å². The number of benzene rings is 1. The Morgan fingerprint density at radius 3 is 2.52 bits per heavy atom. The zero-order chi connectivity index (χ0) is 15.9. The number of nitrogens with one attached hydrogen (secondary N) is 2. The van der Waals surface area contributed by atoms with Crippen molar-refractivity contribution in [1.29, 1.82) is 0 Å². The molecule has 0 aromatic heterocycles. The average molecular weight is 316 g/mol. The van der Waals surface area contributed by atoms with E-state index in [0.29, 0.717) is 12.6 Å². The fraction of sp³-hybridized carbons (Fsp3) is 0.632. The summed E-state index contributed by atoms with van der Waals surface area (Å²) >= 11 is 0. The topological polar surface area (TPSA) is 50.4 Å². The highest BCUT2D eigenvalue weighted by molar-refractivity contribution is 5.67. The molecule has 1 amide bonds. The van der Waals surface area contributed by atoms with Gasteiger partial charge in [-0.15, -0.1) is 0 Å². The van der Waals surface area contributed by atoms with E-state index in [1.54, 1.807) is 0 Å². The normalized spacial score (nSPS) is 24.7.